The zero-order chi connectivity index (χ0) is 15.5. The summed E-state index contributed by atoms with van der Waals surface area (Å²) in [6.45, 7) is 0.396. The van der Waals surface area contributed by atoms with Gasteiger partial charge in [0.05, 0.1) is 10.7 Å². The van der Waals surface area contributed by atoms with Crippen molar-refractivity contribution < 1.29 is 18.4 Å². The Bertz CT molecular complexity index is 608. The van der Waals surface area contributed by atoms with Crippen LogP contribution < -0.4 is 4.72 Å². The lowest BCUT2D eigenvalue weighted by molar-refractivity contribution is -0.384. The molecule has 0 bridgehead atoms. The third-order valence-electron chi connectivity index (χ3n) is 3.77. The quantitative estimate of drug-likeness (QED) is 0.553. The minimum absolute atomic E-state index is 0.0596. The van der Waals surface area contributed by atoms with E-state index in [1.54, 1.807) is 0 Å². The van der Waals surface area contributed by atoms with Gasteiger partial charge in [0.15, 0.2) is 0 Å². The summed E-state index contributed by atoms with van der Waals surface area (Å²) in [4.78, 5) is 10.0. The van der Waals surface area contributed by atoms with Gasteiger partial charge in [-0.1, -0.05) is 12.1 Å². The molecule has 0 saturated heterocycles. The van der Waals surface area contributed by atoms with E-state index in [1.165, 1.54) is 24.3 Å². The second kappa shape index (κ2) is 6.08. The number of aliphatic hydroxyl groups is 1. The lowest BCUT2D eigenvalue weighted by Crippen LogP contribution is -2.31. The van der Waals surface area contributed by atoms with Gasteiger partial charge in [0.25, 0.3) is 5.69 Å². The van der Waals surface area contributed by atoms with E-state index in [0.29, 0.717) is 18.5 Å². The predicted molar refractivity (Wildman–Crippen MR) is 77.1 cm³/mol. The molecule has 1 fully saturated rings. The number of hydrogen-bond acceptors (Lipinski definition) is 5. The molecule has 1 aromatic carbocycles. The van der Waals surface area contributed by atoms with Gasteiger partial charge in [-0.2, -0.15) is 0 Å². The molecule has 1 aliphatic carbocycles. The zero-order valence-electron chi connectivity index (χ0n) is 11.5. The molecule has 2 rings (SSSR count). The predicted octanol–water partition coefficient (Wildman–Crippen LogP) is 1.18. The highest BCUT2D eigenvalue weighted by atomic mass is 32.2. The van der Waals surface area contributed by atoms with Gasteiger partial charge < -0.3 is 5.11 Å². The van der Waals surface area contributed by atoms with Gasteiger partial charge >= 0.3 is 0 Å². The normalized spacial score (nSPS) is 16.6. The molecule has 0 unspecified atom stereocenters. The Balaban J connectivity index is 1.93. The van der Waals surface area contributed by atoms with Crippen molar-refractivity contribution in [2.24, 2.45) is 5.41 Å². The molecule has 7 nitrogen and oxygen atoms in total. The number of nitrogens with one attached hydrogen (secondary N) is 1. The van der Waals surface area contributed by atoms with Crippen LogP contribution in [0.4, 0.5) is 5.69 Å². The number of nitro groups is 1. The van der Waals surface area contributed by atoms with Crippen LogP contribution in [0.1, 0.15) is 24.8 Å². The molecule has 1 aliphatic rings. The standard InChI is InChI=1S/C13H18N2O5S/c16-8-7-13(5-6-13)10-14-21(19,20)9-11-1-3-12(4-2-11)15(17)18/h1-4,14,16H,5-10H2. The van der Waals surface area contributed by atoms with E-state index in [9.17, 15) is 18.5 Å². The van der Waals surface area contributed by atoms with Gasteiger partial charge in [0.1, 0.15) is 0 Å². The molecule has 1 aromatic rings. The summed E-state index contributed by atoms with van der Waals surface area (Å²) in [5.74, 6) is -0.208. The summed E-state index contributed by atoms with van der Waals surface area (Å²) in [6.07, 6.45) is 2.45. The van der Waals surface area contributed by atoms with Crippen molar-refractivity contribution in [3.8, 4) is 0 Å². The summed E-state index contributed by atoms with van der Waals surface area (Å²) >= 11 is 0. The molecule has 0 spiro atoms. The highest BCUT2D eigenvalue weighted by Gasteiger charge is 2.42. The van der Waals surface area contributed by atoms with Crippen molar-refractivity contribution in [1.82, 2.24) is 4.72 Å². The molecule has 0 aromatic heterocycles. The molecular weight excluding hydrogens is 296 g/mol. The smallest absolute Gasteiger partial charge is 0.269 e. The second-order valence-electron chi connectivity index (χ2n) is 5.48. The average Bonchev–Trinajstić information content (AvgIpc) is 3.18. The first kappa shape index (κ1) is 15.9. The highest BCUT2D eigenvalue weighted by molar-refractivity contribution is 7.88. The Morgan fingerprint density at radius 3 is 2.38 bits per heavy atom. The molecule has 0 radical (unpaired) electrons. The Labute approximate surface area is 123 Å². The lowest BCUT2D eigenvalue weighted by Gasteiger charge is -2.14. The Hall–Kier alpha value is -1.51. The molecule has 2 N–H and O–H groups in total. The van der Waals surface area contributed by atoms with Crippen LogP contribution in [0.15, 0.2) is 24.3 Å². The number of nitrogens with zero attached hydrogens (tertiary/aromatic N) is 1. The van der Waals surface area contributed by atoms with E-state index >= 15 is 0 Å². The molecule has 0 heterocycles. The van der Waals surface area contributed by atoms with Gasteiger partial charge in [0, 0.05) is 25.3 Å². The molecule has 0 amide bonds. The van der Waals surface area contributed by atoms with Crippen LogP contribution >= 0.6 is 0 Å². The number of aliphatic hydroxyl groups excluding tert-OH is 1. The van der Waals surface area contributed by atoms with Gasteiger partial charge in [-0.15, -0.1) is 0 Å². The maximum Gasteiger partial charge on any atom is 0.269 e. The SMILES string of the molecule is O=[N+]([O-])c1ccc(CS(=O)(=O)NCC2(CCO)CC2)cc1. The number of rotatable bonds is 8. The van der Waals surface area contributed by atoms with Gasteiger partial charge in [0.2, 0.25) is 10.0 Å². The Kier molecular flexibility index (Phi) is 4.60. The summed E-state index contributed by atoms with van der Waals surface area (Å²) in [5.41, 5.74) is 0.348. The molecule has 0 aliphatic heterocycles. The number of sulfonamides is 1. The van der Waals surface area contributed by atoms with E-state index in [4.69, 9.17) is 5.11 Å². The summed E-state index contributed by atoms with van der Waals surface area (Å²) in [6, 6.07) is 5.47. The highest BCUT2D eigenvalue weighted by Crippen LogP contribution is 2.48. The van der Waals surface area contributed by atoms with E-state index in [-0.39, 0.29) is 23.5 Å². The van der Waals surface area contributed by atoms with Gasteiger partial charge in [-0.25, -0.2) is 13.1 Å². The van der Waals surface area contributed by atoms with Crippen molar-refractivity contribution >= 4 is 15.7 Å². The number of hydrogen-bond donors (Lipinski definition) is 2. The van der Waals surface area contributed by atoms with Crippen LogP contribution in [0.5, 0.6) is 0 Å². The largest absolute Gasteiger partial charge is 0.396 e. The topological polar surface area (TPSA) is 110 Å². The zero-order valence-corrected chi connectivity index (χ0v) is 12.3. The molecule has 0 atom stereocenters. The molecule has 1 saturated carbocycles. The third kappa shape index (κ3) is 4.48. The van der Waals surface area contributed by atoms with Crippen molar-refractivity contribution in [3.63, 3.8) is 0 Å². The van der Waals surface area contributed by atoms with Crippen molar-refractivity contribution in [2.75, 3.05) is 13.2 Å². The third-order valence-corrected chi connectivity index (χ3v) is 5.07. The Morgan fingerprint density at radius 2 is 1.90 bits per heavy atom. The summed E-state index contributed by atoms with van der Waals surface area (Å²) in [5, 5.41) is 19.5. The first-order valence-electron chi connectivity index (χ1n) is 6.67. The molecule has 21 heavy (non-hydrogen) atoms. The van der Waals surface area contributed by atoms with Crippen LogP contribution in [0, 0.1) is 15.5 Å². The monoisotopic (exact) mass is 314 g/mol. The second-order valence-corrected chi connectivity index (χ2v) is 7.28. The number of non-ortho nitro benzene ring substituents is 1. The molecular formula is C13H18N2O5S. The first-order chi connectivity index (χ1) is 9.86. The fraction of sp³-hybridized carbons (Fsp3) is 0.538. The van der Waals surface area contributed by atoms with E-state index < -0.39 is 14.9 Å². The summed E-state index contributed by atoms with van der Waals surface area (Å²) in [7, 11) is -3.48. The van der Waals surface area contributed by atoms with E-state index in [1.807, 2.05) is 0 Å². The van der Waals surface area contributed by atoms with Gasteiger partial charge in [-0.3, -0.25) is 10.1 Å². The van der Waals surface area contributed by atoms with Gasteiger partial charge in [-0.05, 0) is 30.2 Å². The van der Waals surface area contributed by atoms with E-state index in [2.05, 4.69) is 4.72 Å². The lowest BCUT2D eigenvalue weighted by atomic mass is 10.0. The molecule has 8 heteroatoms. The molecule has 116 valence electrons. The first-order valence-corrected chi connectivity index (χ1v) is 8.33. The summed E-state index contributed by atoms with van der Waals surface area (Å²) < 4.78 is 26.5. The fourth-order valence-corrected chi connectivity index (χ4v) is 3.44. The Morgan fingerprint density at radius 1 is 1.29 bits per heavy atom. The average molecular weight is 314 g/mol. The van der Waals surface area contributed by atoms with Crippen molar-refractivity contribution in [3.05, 3.63) is 39.9 Å². The van der Waals surface area contributed by atoms with Crippen LogP contribution in [0.3, 0.4) is 0 Å². The van der Waals surface area contributed by atoms with Crippen LogP contribution in [0.25, 0.3) is 0 Å². The van der Waals surface area contributed by atoms with Crippen LogP contribution in [-0.2, 0) is 15.8 Å². The number of nitro benzene ring substituents is 1. The fourth-order valence-electron chi connectivity index (χ4n) is 2.18. The van der Waals surface area contributed by atoms with Crippen molar-refractivity contribution in [2.45, 2.75) is 25.0 Å². The maximum absolute atomic E-state index is 12.0. The minimum atomic E-state index is -3.48. The van der Waals surface area contributed by atoms with Crippen LogP contribution in [0.2, 0.25) is 0 Å². The number of benzene rings is 1. The maximum atomic E-state index is 12.0. The van der Waals surface area contributed by atoms with Crippen LogP contribution in [-0.4, -0.2) is 31.6 Å². The minimum Gasteiger partial charge on any atom is -0.396 e. The van der Waals surface area contributed by atoms with Crippen molar-refractivity contribution in [1.29, 1.82) is 0 Å². The van der Waals surface area contributed by atoms with E-state index in [0.717, 1.165) is 12.8 Å².